The number of methoxy groups -OCH3 is 1. The van der Waals surface area contributed by atoms with Crippen LogP contribution >= 0.6 is 0 Å². The third-order valence-corrected chi connectivity index (χ3v) is 14.0. The SMILES string of the molecule is COc1ccc2c(c1)C1CC1(C(=O)N1CC3C[C@H]1CN3C)Cn1c-2c(C2CCCCC2)c2ccc(C(=O)NS(=O)(=O)C3CC3)cc21. The zero-order valence-electron chi connectivity index (χ0n) is 26.6. The molecule has 3 aromatic rings. The minimum atomic E-state index is -3.68. The van der Waals surface area contributed by atoms with Gasteiger partial charge in [0.25, 0.3) is 5.91 Å². The third-order valence-electron chi connectivity index (χ3n) is 12.2. The Morgan fingerprint density at radius 3 is 2.48 bits per heavy atom. The number of carbonyl (C=O) groups excluding carboxylic acids is 2. The summed E-state index contributed by atoms with van der Waals surface area (Å²) >= 11 is 0. The van der Waals surface area contributed by atoms with Crippen molar-refractivity contribution in [3.05, 3.63) is 53.1 Å². The molecule has 2 amide bonds. The highest BCUT2D eigenvalue weighted by Crippen LogP contribution is 2.66. The molecular formula is C36H42N4O5S. The molecule has 3 unspecified atom stereocenters. The van der Waals surface area contributed by atoms with Crippen LogP contribution in [0.4, 0.5) is 0 Å². The van der Waals surface area contributed by atoms with Gasteiger partial charge >= 0.3 is 0 Å². The van der Waals surface area contributed by atoms with Crippen LogP contribution in [0.25, 0.3) is 22.2 Å². The first kappa shape index (κ1) is 28.8. The average Bonchev–Trinajstić information content (AvgIpc) is 3.95. The number of hydrogen-bond acceptors (Lipinski definition) is 6. The molecule has 2 saturated heterocycles. The minimum Gasteiger partial charge on any atom is -0.497 e. The van der Waals surface area contributed by atoms with Crippen LogP contribution in [0.3, 0.4) is 0 Å². The maximum Gasteiger partial charge on any atom is 0.264 e. The molecule has 3 saturated carbocycles. The maximum absolute atomic E-state index is 14.8. The van der Waals surface area contributed by atoms with Gasteiger partial charge in [0.1, 0.15) is 5.75 Å². The van der Waals surface area contributed by atoms with Gasteiger partial charge in [0, 0.05) is 59.7 Å². The van der Waals surface area contributed by atoms with Crippen molar-refractivity contribution in [1.82, 2.24) is 19.1 Å². The van der Waals surface area contributed by atoms with E-state index in [9.17, 15) is 18.0 Å². The molecule has 4 heterocycles. The minimum absolute atomic E-state index is 0.0891. The molecule has 242 valence electrons. The Kier molecular flexibility index (Phi) is 6.31. The van der Waals surface area contributed by atoms with Crippen molar-refractivity contribution in [3.63, 3.8) is 0 Å². The molecule has 3 aliphatic carbocycles. The number of piperazine rings is 1. The van der Waals surface area contributed by atoms with Crippen molar-refractivity contribution < 1.29 is 22.7 Å². The van der Waals surface area contributed by atoms with Crippen molar-refractivity contribution in [2.45, 2.75) is 93.5 Å². The van der Waals surface area contributed by atoms with Gasteiger partial charge in [-0.15, -0.1) is 0 Å². The molecule has 9 nitrogen and oxygen atoms in total. The lowest BCUT2D eigenvalue weighted by atomic mass is 9.81. The van der Waals surface area contributed by atoms with Gasteiger partial charge in [0.15, 0.2) is 0 Å². The molecule has 5 fully saturated rings. The number of likely N-dealkylation sites (N-methyl/N-ethyl adjacent to an activating group) is 1. The number of nitrogens with one attached hydrogen (secondary N) is 1. The van der Waals surface area contributed by atoms with E-state index in [4.69, 9.17) is 4.74 Å². The topological polar surface area (TPSA) is 101 Å². The first-order chi connectivity index (χ1) is 22.2. The molecule has 2 bridgehead atoms. The summed E-state index contributed by atoms with van der Waals surface area (Å²) < 4.78 is 35.8. The normalized spacial score (nSPS) is 28.8. The quantitative estimate of drug-likeness (QED) is 0.407. The van der Waals surface area contributed by atoms with E-state index in [1.807, 2.05) is 18.2 Å². The van der Waals surface area contributed by atoms with Crippen LogP contribution in [0.15, 0.2) is 36.4 Å². The lowest BCUT2D eigenvalue weighted by molar-refractivity contribution is -0.140. The largest absolute Gasteiger partial charge is 0.497 e. The smallest absolute Gasteiger partial charge is 0.264 e. The van der Waals surface area contributed by atoms with Crippen LogP contribution in [0.2, 0.25) is 0 Å². The number of benzene rings is 2. The van der Waals surface area contributed by atoms with E-state index in [0.29, 0.717) is 36.9 Å². The number of sulfonamides is 1. The molecule has 46 heavy (non-hydrogen) atoms. The summed E-state index contributed by atoms with van der Waals surface area (Å²) in [5.41, 5.74) is 5.48. The first-order valence-corrected chi connectivity index (χ1v) is 18.6. The summed E-state index contributed by atoms with van der Waals surface area (Å²) in [6.07, 6.45) is 8.84. The zero-order chi connectivity index (χ0) is 31.5. The van der Waals surface area contributed by atoms with Gasteiger partial charge in [0.2, 0.25) is 15.9 Å². The second-order valence-corrected chi connectivity index (χ2v) is 16.9. The van der Waals surface area contributed by atoms with Gasteiger partial charge in [-0.2, -0.15) is 0 Å². The van der Waals surface area contributed by atoms with Crippen molar-refractivity contribution in [3.8, 4) is 17.0 Å². The number of carbonyl (C=O) groups is 2. The molecule has 0 radical (unpaired) electrons. The fourth-order valence-electron chi connectivity index (χ4n) is 9.47. The summed E-state index contributed by atoms with van der Waals surface area (Å²) in [5.74, 6) is 0.933. The van der Waals surface area contributed by atoms with Gasteiger partial charge in [-0.25, -0.2) is 13.1 Å². The molecule has 3 aliphatic heterocycles. The van der Waals surface area contributed by atoms with E-state index in [0.717, 1.165) is 66.7 Å². The number of fused-ring (bicyclic) bond motifs is 9. The van der Waals surface area contributed by atoms with Gasteiger partial charge in [-0.1, -0.05) is 25.3 Å². The van der Waals surface area contributed by atoms with E-state index in [2.05, 4.69) is 38.3 Å². The standard InChI is InChI=1S/C36H42N4O5S/c1-38-18-24-15-23(38)19-39(24)35(42)36-17-30(36)29-16-25(45-2)9-13-27(29)33-32(21-6-4-3-5-7-21)28-12-8-22(14-31(28)40(33)20-36)34(41)37-46(43,44)26-10-11-26/h8-9,12-14,16,21,23-24,26,30H,3-7,10-11,15,17-20H2,1-2H3,(H,37,41)/t23?,24-,30?,36?/m0/s1. The fourth-order valence-corrected chi connectivity index (χ4v) is 10.8. The van der Waals surface area contributed by atoms with Gasteiger partial charge in [0.05, 0.1) is 23.5 Å². The Morgan fingerprint density at radius 1 is 0.978 bits per heavy atom. The Bertz CT molecular complexity index is 1910. The monoisotopic (exact) mass is 642 g/mol. The number of hydrogen-bond donors (Lipinski definition) is 1. The van der Waals surface area contributed by atoms with E-state index < -0.39 is 26.6 Å². The highest BCUT2D eigenvalue weighted by atomic mass is 32.2. The summed E-state index contributed by atoms with van der Waals surface area (Å²) in [7, 11) is 0.174. The highest BCUT2D eigenvalue weighted by Gasteiger charge is 2.65. The number of aromatic nitrogens is 1. The van der Waals surface area contributed by atoms with Crippen LogP contribution < -0.4 is 9.46 Å². The molecule has 6 aliphatic rings. The Balaban J connectivity index is 1.22. The van der Waals surface area contributed by atoms with E-state index >= 15 is 0 Å². The van der Waals surface area contributed by atoms with Crippen molar-refractivity contribution in [1.29, 1.82) is 0 Å². The van der Waals surface area contributed by atoms with Crippen molar-refractivity contribution in [2.24, 2.45) is 5.41 Å². The lowest BCUT2D eigenvalue weighted by Crippen LogP contribution is -2.50. The average molecular weight is 643 g/mol. The number of ether oxygens (including phenoxy) is 1. The maximum atomic E-state index is 14.8. The van der Waals surface area contributed by atoms with Gasteiger partial charge in [-0.05, 0) is 92.9 Å². The summed E-state index contributed by atoms with van der Waals surface area (Å²) in [6.45, 7) is 2.25. The number of likely N-dealkylation sites (tertiary alicyclic amines) is 2. The molecule has 1 N–H and O–H groups in total. The molecular weight excluding hydrogens is 600 g/mol. The predicted octanol–water partition coefficient (Wildman–Crippen LogP) is 4.99. The van der Waals surface area contributed by atoms with E-state index in [1.54, 1.807) is 13.2 Å². The molecule has 1 aromatic heterocycles. The summed E-state index contributed by atoms with van der Waals surface area (Å²) in [5, 5.41) is 0.628. The van der Waals surface area contributed by atoms with Crippen LogP contribution in [0, 0.1) is 5.41 Å². The first-order valence-electron chi connectivity index (χ1n) is 17.1. The Hall–Kier alpha value is -3.37. The number of rotatable bonds is 6. The van der Waals surface area contributed by atoms with Gasteiger partial charge < -0.3 is 14.2 Å². The zero-order valence-corrected chi connectivity index (χ0v) is 27.4. The van der Waals surface area contributed by atoms with Crippen LogP contribution in [0.5, 0.6) is 5.75 Å². The Morgan fingerprint density at radius 2 is 1.78 bits per heavy atom. The van der Waals surface area contributed by atoms with Crippen LogP contribution in [0.1, 0.15) is 91.1 Å². The fraction of sp³-hybridized carbons (Fsp3) is 0.556. The third kappa shape index (κ3) is 4.24. The second kappa shape index (κ2) is 10.1. The van der Waals surface area contributed by atoms with Crippen molar-refractivity contribution >= 4 is 32.7 Å². The number of amides is 2. The summed E-state index contributed by atoms with van der Waals surface area (Å²) in [4.78, 5) is 32.7. The molecule has 9 rings (SSSR count). The summed E-state index contributed by atoms with van der Waals surface area (Å²) in [6, 6.07) is 12.7. The molecule has 0 spiro atoms. The number of nitrogens with zero attached hydrogens (tertiary/aromatic N) is 3. The Labute approximate surface area is 270 Å². The van der Waals surface area contributed by atoms with E-state index in [1.165, 1.54) is 30.4 Å². The molecule has 4 atom stereocenters. The van der Waals surface area contributed by atoms with E-state index in [-0.39, 0.29) is 17.9 Å². The molecule has 10 heteroatoms. The van der Waals surface area contributed by atoms with Crippen molar-refractivity contribution in [2.75, 3.05) is 27.2 Å². The van der Waals surface area contributed by atoms with Gasteiger partial charge in [-0.3, -0.25) is 14.5 Å². The van der Waals surface area contributed by atoms with Crippen LogP contribution in [-0.4, -0.2) is 79.2 Å². The molecule has 2 aromatic carbocycles. The highest BCUT2D eigenvalue weighted by molar-refractivity contribution is 7.91. The lowest BCUT2D eigenvalue weighted by Gasteiger charge is -2.35. The van der Waals surface area contributed by atoms with Crippen LogP contribution in [-0.2, 0) is 21.4 Å². The predicted molar refractivity (Wildman–Crippen MR) is 175 cm³/mol. The second-order valence-electron chi connectivity index (χ2n) is 14.9.